The summed E-state index contributed by atoms with van der Waals surface area (Å²) < 4.78 is 13.3. The molecule has 4 nitrogen and oxygen atoms in total. The maximum Gasteiger partial charge on any atom is 0.336 e. The lowest BCUT2D eigenvalue weighted by Crippen LogP contribution is -2.13. The Morgan fingerprint density at radius 1 is 1.10 bits per heavy atom. The van der Waals surface area contributed by atoms with Gasteiger partial charge in [-0.15, -0.1) is 0 Å². The Balaban J connectivity index is 2.27. The van der Waals surface area contributed by atoms with Crippen LogP contribution in [-0.4, -0.2) is 17.0 Å². The van der Waals surface area contributed by atoms with Crippen molar-refractivity contribution in [3.8, 4) is 0 Å². The number of carbonyl (C=O) groups excluding carboxylic acids is 1. The molecule has 0 aliphatic heterocycles. The largest absolute Gasteiger partial charge is 0.478 e. The molecule has 108 valence electrons. The first-order chi connectivity index (χ1) is 9.86. The molecule has 0 bridgehead atoms. The van der Waals surface area contributed by atoms with Gasteiger partial charge < -0.3 is 10.4 Å². The summed E-state index contributed by atoms with van der Waals surface area (Å²) in [5.74, 6) is -2.04. The van der Waals surface area contributed by atoms with Crippen LogP contribution < -0.4 is 5.32 Å². The highest BCUT2D eigenvalue weighted by Gasteiger charge is 2.11. The third-order valence-electron chi connectivity index (χ3n) is 3.03. The van der Waals surface area contributed by atoms with Gasteiger partial charge in [0.25, 0.3) is 5.91 Å². The Labute approximate surface area is 121 Å². The number of aryl methyl sites for hydroxylation is 2. The summed E-state index contributed by atoms with van der Waals surface area (Å²) in [6.07, 6.45) is 0. The molecule has 0 heterocycles. The molecular weight excluding hydrogens is 273 g/mol. The van der Waals surface area contributed by atoms with E-state index < -0.39 is 17.7 Å². The average molecular weight is 287 g/mol. The lowest BCUT2D eigenvalue weighted by Gasteiger charge is -2.08. The number of nitrogens with one attached hydrogen (secondary N) is 1. The predicted octanol–water partition coefficient (Wildman–Crippen LogP) is 3.39. The molecule has 0 unspecified atom stereocenters. The van der Waals surface area contributed by atoms with Gasteiger partial charge in [-0.2, -0.15) is 0 Å². The summed E-state index contributed by atoms with van der Waals surface area (Å²) in [7, 11) is 0. The highest BCUT2D eigenvalue weighted by atomic mass is 19.1. The van der Waals surface area contributed by atoms with Crippen molar-refractivity contribution < 1.29 is 19.1 Å². The van der Waals surface area contributed by atoms with E-state index in [9.17, 15) is 14.0 Å². The van der Waals surface area contributed by atoms with Crippen LogP contribution in [0.15, 0.2) is 36.4 Å². The number of carbonyl (C=O) groups is 2. The molecule has 0 radical (unpaired) electrons. The van der Waals surface area contributed by atoms with Crippen LogP contribution in [0, 0.1) is 19.7 Å². The van der Waals surface area contributed by atoms with E-state index in [2.05, 4.69) is 5.32 Å². The maximum absolute atomic E-state index is 13.3. The summed E-state index contributed by atoms with van der Waals surface area (Å²) in [4.78, 5) is 23.1. The van der Waals surface area contributed by atoms with Gasteiger partial charge in [-0.05, 0) is 55.3 Å². The zero-order valence-electron chi connectivity index (χ0n) is 11.6. The van der Waals surface area contributed by atoms with Crippen LogP contribution >= 0.6 is 0 Å². The van der Waals surface area contributed by atoms with Crippen LogP contribution in [0.4, 0.5) is 10.1 Å². The zero-order valence-corrected chi connectivity index (χ0v) is 11.6. The van der Waals surface area contributed by atoms with E-state index in [0.717, 1.165) is 6.07 Å². The van der Waals surface area contributed by atoms with E-state index >= 15 is 0 Å². The second-order valence-corrected chi connectivity index (χ2v) is 4.81. The molecule has 5 heteroatoms. The number of rotatable bonds is 3. The van der Waals surface area contributed by atoms with Gasteiger partial charge in [0.2, 0.25) is 0 Å². The predicted molar refractivity (Wildman–Crippen MR) is 77.2 cm³/mol. The molecule has 2 rings (SSSR count). The van der Waals surface area contributed by atoms with E-state index in [1.165, 1.54) is 12.1 Å². The Morgan fingerprint density at radius 3 is 2.43 bits per heavy atom. The quantitative estimate of drug-likeness (QED) is 0.909. The van der Waals surface area contributed by atoms with Crippen LogP contribution in [0.3, 0.4) is 0 Å². The molecule has 2 aromatic rings. The number of hydrogen-bond donors (Lipinski definition) is 2. The Hall–Kier alpha value is -2.69. The monoisotopic (exact) mass is 287 g/mol. The maximum atomic E-state index is 13.3. The number of carboxylic acids is 1. The minimum absolute atomic E-state index is 0.114. The van der Waals surface area contributed by atoms with Gasteiger partial charge in [0.1, 0.15) is 5.82 Å². The van der Waals surface area contributed by atoms with Gasteiger partial charge in [0.15, 0.2) is 0 Å². The van der Waals surface area contributed by atoms with Crippen molar-refractivity contribution in [1.29, 1.82) is 0 Å². The molecule has 2 N–H and O–H groups in total. The summed E-state index contributed by atoms with van der Waals surface area (Å²) >= 11 is 0. The number of amides is 1. The summed E-state index contributed by atoms with van der Waals surface area (Å²) in [5, 5.41) is 11.6. The minimum atomic E-state index is -1.06. The third-order valence-corrected chi connectivity index (χ3v) is 3.03. The fourth-order valence-corrected chi connectivity index (χ4v) is 2.00. The van der Waals surface area contributed by atoms with Crippen LogP contribution in [0.5, 0.6) is 0 Å². The number of aromatic carboxylic acids is 1. The van der Waals surface area contributed by atoms with Crippen LogP contribution in [0.25, 0.3) is 0 Å². The lowest BCUT2D eigenvalue weighted by molar-refractivity contribution is 0.0695. The van der Waals surface area contributed by atoms with Gasteiger partial charge in [-0.3, -0.25) is 4.79 Å². The number of halogens is 1. The zero-order chi connectivity index (χ0) is 15.6. The van der Waals surface area contributed by atoms with Crippen LogP contribution in [0.2, 0.25) is 0 Å². The molecule has 0 spiro atoms. The van der Waals surface area contributed by atoms with Gasteiger partial charge >= 0.3 is 5.97 Å². The van der Waals surface area contributed by atoms with Gasteiger partial charge in [-0.1, -0.05) is 6.07 Å². The highest BCUT2D eigenvalue weighted by molar-refractivity contribution is 6.05. The molecule has 0 saturated heterocycles. The Kier molecular flexibility index (Phi) is 4.03. The van der Waals surface area contributed by atoms with E-state index in [4.69, 9.17) is 5.11 Å². The van der Waals surface area contributed by atoms with Crippen molar-refractivity contribution >= 4 is 17.6 Å². The van der Waals surface area contributed by atoms with E-state index in [0.29, 0.717) is 16.8 Å². The van der Waals surface area contributed by atoms with Crippen molar-refractivity contribution in [3.63, 3.8) is 0 Å². The molecule has 0 atom stereocenters. The van der Waals surface area contributed by atoms with Crippen molar-refractivity contribution in [2.75, 3.05) is 5.32 Å². The first kappa shape index (κ1) is 14.7. The molecule has 21 heavy (non-hydrogen) atoms. The summed E-state index contributed by atoms with van der Waals surface area (Å²) in [6, 6.07) is 8.61. The fraction of sp³-hybridized carbons (Fsp3) is 0.125. The smallest absolute Gasteiger partial charge is 0.336 e. The van der Waals surface area contributed by atoms with Gasteiger partial charge in [0.05, 0.1) is 5.56 Å². The molecular formula is C16H14FNO3. The SMILES string of the molecule is Cc1cc(F)cc(C(=O)Nc2ccc(C)c(C(=O)O)c2)c1. The molecule has 1 amide bonds. The number of carboxylic acid groups (broad SMARTS) is 1. The first-order valence-corrected chi connectivity index (χ1v) is 6.29. The average Bonchev–Trinajstić information content (AvgIpc) is 2.39. The van der Waals surface area contributed by atoms with Crippen LogP contribution in [-0.2, 0) is 0 Å². The standard InChI is InChI=1S/C16H14FNO3/c1-9-5-11(7-12(17)6-9)15(19)18-13-4-3-10(2)14(8-13)16(20)21/h3-8H,1-2H3,(H,18,19)(H,20,21). The number of hydrogen-bond acceptors (Lipinski definition) is 2. The summed E-state index contributed by atoms with van der Waals surface area (Å²) in [6.45, 7) is 3.36. The fourth-order valence-electron chi connectivity index (χ4n) is 2.00. The van der Waals surface area contributed by atoms with E-state index in [-0.39, 0.29) is 11.1 Å². The topological polar surface area (TPSA) is 66.4 Å². The molecule has 0 aliphatic carbocycles. The van der Waals surface area contributed by atoms with Crippen molar-refractivity contribution in [3.05, 3.63) is 64.5 Å². The van der Waals surface area contributed by atoms with Gasteiger partial charge in [0, 0.05) is 11.3 Å². The second-order valence-electron chi connectivity index (χ2n) is 4.81. The third kappa shape index (κ3) is 3.45. The second kappa shape index (κ2) is 5.75. The Morgan fingerprint density at radius 2 is 1.81 bits per heavy atom. The van der Waals surface area contributed by atoms with E-state index in [1.54, 1.807) is 32.0 Å². The molecule has 0 fully saturated rings. The van der Waals surface area contributed by atoms with E-state index in [1.807, 2.05) is 0 Å². The molecule has 0 aliphatic rings. The first-order valence-electron chi connectivity index (χ1n) is 6.29. The summed E-state index contributed by atoms with van der Waals surface area (Å²) in [5.41, 5.74) is 1.88. The van der Waals surface area contributed by atoms with Crippen molar-refractivity contribution in [2.45, 2.75) is 13.8 Å². The number of anilines is 1. The Bertz CT molecular complexity index is 705. The molecule has 2 aromatic carbocycles. The van der Waals surface area contributed by atoms with Crippen LogP contribution in [0.1, 0.15) is 31.8 Å². The minimum Gasteiger partial charge on any atom is -0.478 e. The lowest BCUT2D eigenvalue weighted by atomic mass is 10.1. The van der Waals surface area contributed by atoms with Crippen molar-refractivity contribution in [1.82, 2.24) is 0 Å². The van der Waals surface area contributed by atoms with Gasteiger partial charge in [-0.25, -0.2) is 9.18 Å². The normalized spacial score (nSPS) is 10.2. The molecule has 0 saturated carbocycles. The molecule has 0 aromatic heterocycles. The number of benzene rings is 2. The highest BCUT2D eigenvalue weighted by Crippen LogP contribution is 2.17. The van der Waals surface area contributed by atoms with Crippen molar-refractivity contribution in [2.24, 2.45) is 0 Å².